The van der Waals surface area contributed by atoms with Crippen molar-refractivity contribution in [2.24, 2.45) is 0 Å². The highest BCUT2D eigenvalue weighted by Crippen LogP contribution is 2.42. The van der Waals surface area contributed by atoms with Crippen molar-refractivity contribution in [1.82, 2.24) is 0 Å². The van der Waals surface area contributed by atoms with Crippen LogP contribution in [0, 0.1) is 0 Å². The first-order valence-corrected chi connectivity index (χ1v) is 10.1. The lowest BCUT2D eigenvalue weighted by molar-refractivity contribution is -0.237. The lowest BCUT2D eigenvalue weighted by atomic mass is 10.1. The van der Waals surface area contributed by atoms with Crippen molar-refractivity contribution in [3.8, 4) is 0 Å². The first-order valence-electron chi connectivity index (χ1n) is 6.92. The molecule has 7 nitrogen and oxygen atoms in total. The van der Waals surface area contributed by atoms with Gasteiger partial charge in [0.1, 0.15) is 6.10 Å². The van der Waals surface area contributed by atoms with Gasteiger partial charge in [0.2, 0.25) is 0 Å². The van der Waals surface area contributed by atoms with E-state index in [1.807, 2.05) is 0 Å². The van der Waals surface area contributed by atoms with Crippen molar-refractivity contribution in [2.75, 3.05) is 19.8 Å². The molecule has 0 radical (unpaired) electrons. The summed E-state index contributed by atoms with van der Waals surface area (Å²) < 4.78 is 6.59. The first kappa shape index (κ1) is 23.0. The van der Waals surface area contributed by atoms with Gasteiger partial charge in [0.25, 0.3) is 0 Å². The average molecular weight is 614 g/mol. The summed E-state index contributed by atoms with van der Waals surface area (Å²) >= 11 is 13.1. The number of aliphatic hydroxyl groups is 2. The van der Waals surface area contributed by atoms with Crippen LogP contribution in [0.25, 0.3) is 0 Å². The molecule has 140 valence electrons. The number of hydrogen-bond acceptors (Lipinski definition) is 7. The highest BCUT2D eigenvalue weighted by atomic mass is 79.9. The van der Waals surface area contributed by atoms with E-state index in [0.29, 0.717) is 8.95 Å². The third-order valence-electron chi connectivity index (χ3n) is 2.86. The van der Waals surface area contributed by atoms with Crippen molar-refractivity contribution in [3.05, 3.63) is 29.0 Å². The fourth-order valence-corrected chi connectivity index (χ4v) is 4.15. The van der Waals surface area contributed by atoms with Crippen molar-refractivity contribution in [2.45, 2.75) is 19.4 Å². The number of benzene rings is 1. The molecule has 0 amide bonds. The lowest BCUT2D eigenvalue weighted by Gasteiger charge is -2.18. The molecule has 25 heavy (non-hydrogen) atoms. The Morgan fingerprint density at radius 3 is 1.92 bits per heavy atom. The minimum Gasteiger partial charge on any atom is -0.456 e. The van der Waals surface area contributed by atoms with Crippen LogP contribution in [-0.2, 0) is 14.5 Å². The number of carbonyl (C=O) groups excluding carboxylic acids is 2. The Bertz CT molecular complexity index is 651. The zero-order valence-electron chi connectivity index (χ0n) is 12.9. The van der Waals surface area contributed by atoms with E-state index < -0.39 is 24.6 Å². The summed E-state index contributed by atoms with van der Waals surface area (Å²) in [4.78, 5) is 34.2. The molecular weight excluding hydrogens is 600 g/mol. The molecule has 0 aliphatic heterocycles. The van der Waals surface area contributed by atoms with Crippen LogP contribution < -0.4 is 0 Å². The van der Waals surface area contributed by atoms with Crippen molar-refractivity contribution < 1.29 is 34.3 Å². The molecule has 1 atom stereocenters. The van der Waals surface area contributed by atoms with E-state index in [4.69, 9.17) is 9.84 Å². The molecule has 1 unspecified atom stereocenters. The minimum atomic E-state index is -0.915. The second-order valence-electron chi connectivity index (χ2n) is 4.51. The van der Waals surface area contributed by atoms with Crippen LogP contribution >= 0.6 is 63.7 Å². The van der Waals surface area contributed by atoms with Crippen LogP contribution in [0.1, 0.15) is 34.1 Å². The molecule has 0 aromatic heterocycles. The molecule has 0 aliphatic rings. The molecule has 11 heteroatoms. The van der Waals surface area contributed by atoms with E-state index >= 15 is 0 Å². The van der Waals surface area contributed by atoms with E-state index in [1.54, 1.807) is 6.92 Å². The van der Waals surface area contributed by atoms with Gasteiger partial charge in [-0.3, -0.25) is 4.89 Å². The molecule has 0 spiro atoms. The molecule has 0 saturated carbocycles. The summed E-state index contributed by atoms with van der Waals surface area (Å²) in [5, 5.41) is 18.2. The Kier molecular flexibility index (Phi) is 10.1. The third kappa shape index (κ3) is 5.72. The molecule has 1 aromatic carbocycles. The minimum absolute atomic E-state index is 0.0530. The predicted molar refractivity (Wildman–Crippen MR) is 102 cm³/mol. The fraction of sp³-hybridized carbons (Fsp3) is 0.429. The second kappa shape index (κ2) is 11.0. The number of ether oxygens (including phenoxy) is 1. The van der Waals surface area contributed by atoms with Crippen molar-refractivity contribution in [3.63, 3.8) is 0 Å². The first-order chi connectivity index (χ1) is 11.8. The monoisotopic (exact) mass is 610 g/mol. The van der Waals surface area contributed by atoms with Crippen LogP contribution in [0.2, 0.25) is 0 Å². The molecule has 0 bridgehead atoms. The summed E-state index contributed by atoms with van der Waals surface area (Å²) in [5.41, 5.74) is -0.246. The van der Waals surface area contributed by atoms with Gasteiger partial charge in [-0.05, 0) is 70.6 Å². The molecule has 0 aliphatic carbocycles. The van der Waals surface area contributed by atoms with E-state index in [1.165, 1.54) is 0 Å². The van der Waals surface area contributed by atoms with Crippen LogP contribution in [0.15, 0.2) is 17.9 Å². The summed E-state index contributed by atoms with van der Waals surface area (Å²) in [6.45, 7) is 1.02. The molecule has 1 aromatic rings. The zero-order chi connectivity index (χ0) is 19.1. The van der Waals surface area contributed by atoms with Crippen LogP contribution in [-0.4, -0.2) is 48.1 Å². The SMILES string of the molecule is CCOOC(=O)c1c(Br)c(Br)c(Br)c(Br)c1C(=O)OC(CO)CCO. The van der Waals surface area contributed by atoms with Gasteiger partial charge in [0, 0.05) is 30.9 Å². The Morgan fingerprint density at radius 1 is 0.960 bits per heavy atom. The second-order valence-corrected chi connectivity index (χ2v) is 7.68. The molecular formula is C14H14Br4O7. The smallest absolute Gasteiger partial charge is 0.375 e. The topological polar surface area (TPSA) is 102 Å². The van der Waals surface area contributed by atoms with Gasteiger partial charge < -0.3 is 14.9 Å². The summed E-state index contributed by atoms with van der Waals surface area (Å²) in [6, 6.07) is 0. The Balaban J connectivity index is 3.40. The average Bonchev–Trinajstić information content (AvgIpc) is 2.59. The zero-order valence-corrected chi connectivity index (χ0v) is 19.2. The largest absolute Gasteiger partial charge is 0.456 e. The molecule has 2 N–H and O–H groups in total. The summed E-state index contributed by atoms with van der Waals surface area (Å²) in [5.74, 6) is -1.78. The Hall–Kier alpha value is -0.0400. The van der Waals surface area contributed by atoms with Crippen LogP contribution in [0.5, 0.6) is 0 Å². The van der Waals surface area contributed by atoms with Gasteiger partial charge >= 0.3 is 11.9 Å². The Morgan fingerprint density at radius 2 is 1.48 bits per heavy atom. The summed E-state index contributed by atoms with van der Waals surface area (Å²) in [7, 11) is 0. The standard InChI is InChI=1S/C14H14Br4O7/c1-2-23-25-14(22)8-7(9(15)11(17)12(18)10(8)16)13(21)24-6(5-20)3-4-19/h6,19-20H,2-5H2,1H3. The lowest BCUT2D eigenvalue weighted by Crippen LogP contribution is -2.25. The number of carbonyl (C=O) groups is 2. The normalized spacial score (nSPS) is 12.0. The molecule has 0 saturated heterocycles. The van der Waals surface area contributed by atoms with Gasteiger partial charge in [0.15, 0.2) is 0 Å². The number of rotatable bonds is 8. The van der Waals surface area contributed by atoms with Gasteiger partial charge in [-0.2, -0.15) is 4.89 Å². The van der Waals surface area contributed by atoms with Crippen molar-refractivity contribution in [1.29, 1.82) is 0 Å². The van der Waals surface area contributed by atoms with Crippen LogP contribution in [0.4, 0.5) is 0 Å². The quantitative estimate of drug-likeness (QED) is 0.151. The molecule has 0 fully saturated rings. The maximum absolute atomic E-state index is 12.6. The van der Waals surface area contributed by atoms with E-state index in [0.717, 1.165) is 0 Å². The number of esters is 1. The summed E-state index contributed by atoms with van der Waals surface area (Å²) in [6.07, 6.45) is -0.862. The number of halogens is 4. The fourth-order valence-electron chi connectivity index (χ4n) is 1.71. The predicted octanol–water partition coefficient (Wildman–Crippen LogP) is 3.75. The Labute approximate surface area is 177 Å². The highest BCUT2D eigenvalue weighted by Gasteiger charge is 2.31. The van der Waals surface area contributed by atoms with Gasteiger partial charge in [-0.15, -0.1) is 0 Å². The maximum atomic E-state index is 12.6. The van der Waals surface area contributed by atoms with E-state index in [9.17, 15) is 14.7 Å². The van der Waals surface area contributed by atoms with Gasteiger partial charge in [0.05, 0.1) is 24.3 Å². The third-order valence-corrected chi connectivity index (χ3v) is 7.62. The van der Waals surface area contributed by atoms with E-state index in [-0.39, 0.29) is 39.7 Å². The highest BCUT2D eigenvalue weighted by molar-refractivity contribution is 9.15. The maximum Gasteiger partial charge on any atom is 0.375 e. The van der Waals surface area contributed by atoms with Gasteiger partial charge in [-0.25, -0.2) is 9.59 Å². The van der Waals surface area contributed by atoms with Crippen molar-refractivity contribution >= 4 is 75.7 Å². The van der Waals surface area contributed by atoms with E-state index in [2.05, 4.69) is 73.5 Å². The number of aliphatic hydroxyl groups excluding tert-OH is 2. The molecule has 1 rings (SSSR count). The van der Waals surface area contributed by atoms with Crippen LogP contribution in [0.3, 0.4) is 0 Å². The molecule has 0 heterocycles. The van der Waals surface area contributed by atoms with Gasteiger partial charge in [-0.1, -0.05) is 0 Å². The number of hydrogen-bond donors (Lipinski definition) is 2.